The summed E-state index contributed by atoms with van der Waals surface area (Å²) in [6, 6.07) is 1.98. The second kappa shape index (κ2) is 8.49. The Hall–Kier alpha value is -1.34. The first-order valence-corrected chi connectivity index (χ1v) is 9.37. The average molecular weight is 336 g/mol. The maximum atomic E-state index is 12.3. The molecule has 1 aromatic rings. The van der Waals surface area contributed by atoms with Crippen molar-refractivity contribution in [3.63, 3.8) is 0 Å². The van der Waals surface area contributed by atoms with Crippen LogP contribution in [0.25, 0.3) is 0 Å². The van der Waals surface area contributed by atoms with Gasteiger partial charge in [0.25, 0.3) is 0 Å². The largest absolute Gasteiger partial charge is 0.378 e. The summed E-state index contributed by atoms with van der Waals surface area (Å²) in [6.07, 6.45) is 6.33. The molecule has 0 N–H and O–H groups in total. The SMILES string of the molecule is O=C(CSc1cc(N2CCOCC2)ncn1)N1CCCCCC1. The molecule has 3 rings (SSSR count). The molecule has 0 aliphatic carbocycles. The van der Waals surface area contributed by atoms with Gasteiger partial charge in [-0.05, 0) is 12.8 Å². The Labute approximate surface area is 141 Å². The number of thioether (sulfide) groups is 1. The molecule has 2 saturated heterocycles. The van der Waals surface area contributed by atoms with Crippen molar-refractivity contribution < 1.29 is 9.53 Å². The minimum atomic E-state index is 0.225. The summed E-state index contributed by atoms with van der Waals surface area (Å²) in [6.45, 7) is 4.99. The summed E-state index contributed by atoms with van der Waals surface area (Å²) in [5.41, 5.74) is 0. The molecule has 1 aromatic heterocycles. The Balaban J connectivity index is 1.54. The van der Waals surface area contributed by atoms with Gasteiger partial charge in [0, 0.05) is 32.2 Å². The van der Waals surface area contributed by atoms with Crippen molar-refractivity contribution in [2.75, 3.05) is 50.0 Å². The van der Waals surface area contributed by atoms with Gasteiger partial charge in [0.1, 0.15) is 17.2 Å². The highest BCUT2D eigenvalue weighted by molar-refractivity contribution is 7.99. The van der Waals surface area contributed by atoms with Gasteiger partial charge in [0.2, 0.25) is 5.91 Å². The molecule has 23 heavy (non-hydrogen) atoms. The summed E-state index contributed by atoms with van der Waals surface area (Å²) < 4.78 is 5.37. The van der Waals surface area contributed by atoms with Crippen LogP contribution in [0.3, 0.4) is 0 Å². The minimum Gasteiger partial charge on any atom is -0.378 e. The molecule has 0 radical (unpaired) electrons. The van der Waals surface area contributed by atoms with Crippen molar-refractivity contribution in [1.82, 2.24) is 14.9 Å². The molecule has 126 valence electrons. The number of morpholine rings is 1. The number of rotatable bonds is 4. The van der Waals surface area contributed by atoms with Crippen molar-refractivity contribution >= 4 is 23.5 Å². The van der Waals surface area contributed by atoms with Crippen molar-refractivity contribution in [3.05, 3.63) is 12.4 Å². The molecular weight excluding hydrogens is 312 g/mol. The van der Waals surface area contributed by atoms with Crippen LogP contribution in [-0.4, -0.2) is 65.9 Å². The molecular formula is C16H24N4O2S. The summed E-state index contributed by atoms with van der Waals surface area (Å²) in [7, 11) is 0. The molecule has 0 bridgehead atoms. The van der Waals surface area contributed by atoms with Crippen molar-refractivity contribution in [3.8, 4) is 0 Å². The number of aromatic nitrogens is 2. The van der Waals surface area contributed by atoms with Gasteiger partial charge in [-0.2, -0.15) is 0 Å². The lowest BCUT2D eigenvalue weighted by molar-refractivity contribution is -0.128. The predicted octanol–water partition coefficient (Wildman–Crippen LogP) is 1.81. The Kier molecular flexibility index (Phi) is 6.10. The number of hydrogen-bond acceptors (Lipinski definition) is 6. The zero-order valence-corrected chi connectivity index (χ0v) is 14.3. The van der Waals surface area contributed by atoms with E-state index in [2.05, 4.69) is 14.9 Å². The third kappa shape index (κ3) is 4.81. The summed E-state index contributed by atoms with van der Waals surface area (Å²) in [4.78, 5) is 25.2. The fourth-order valence-electron chi connectivity index (χ4n) is 2.92. The van der Waals surface area contributed by atoms with Crippen LogP contribution in [0.4, 0.5) is 5.82 Å². The van der Waals surface area contributed by atoms with E-state index in [-0.39, 0.29) is 5.91 Å². The van der Waals surface area contributed by atoms with Gasteiger partial charge < -0.3 is 14.5 Å². The molecule has 3 heterocycles. The molecule has 0 atom stereocenters. The fourth-order valence-corrected chi connectivity index (χ4v) is 3.69. The number of carbonyl (C=O) groups is 1. The Bertz CT molecular complexity index is 515. The maximum Gasteiger partial charge on any atom is 0.232 e. The van der Waals surface area contributed by atoms with Crippen LogP contribution in [0.2, 0.25) is 0 Å². The van der Waals surface area contributed by atoms with Gasteiger partial charge in [-0.15, -0.1) is 0 Å². The Morgan fingerprint density at radius 3 is 2.57 bits per heavy atom. The molecule has 2 aliphatic heterocycles. The van der Waals surface area contributed by atoms with Crippen LogP contribution in [0.15, 0.2) is 17.4 Å². The third-order valence-corrected chi connectivity index (χ3v) is 5.18. The third-order valence-electron chi connectivity index (χ3n) is 4.26. The first kappa shape index (κ1) is 16.5. The first-order chi connectivity index (χ1) is 11.3. The number of amides is 1. The van der Waals surface area contributed by atoms with Crippen LogP contribution in [0.5, 0.6) is 0 Å². The van der Waals surface area contributed by atoms with E-state index in [1.54, 1.807) is 6.33 Å². The zero-order valence-electron chi connectivity index (χ0n) is 13.4. The van der Waals surface area contributed by atoms with E-state index in [1.165, 1.54) is 24.6 Å². The second-order valence-electron chi connectivity index (χ2n) is 5.90. The smallest absolute Gasteiger partial charge is 0.232 e. The van der Waals surface area contributed by atoms with Crippen LogP contribution >= 0.6 is 11.8 Å². The summed E-state index contributed by atoms with van der Waals surface area (Å²) >= 11 is 1.51. The number of ether oxygens (including phenoxy) is 1. The van der Waals surface area contributed by atoms with E-state index in [9.17, 15) is 4.79 Å². The van der Waals surface area contributed by atoms with Gasteiger partial charge in [0.15, 0.2) is 0 Å². The molecule has 0 saturated carbocycles. The average Bonchev–Trinajstić information content (AvgIpc) is 2.90. The number of anilines is 1. The number of nitrogens with zero attached hydrogens (tertiary/aromatic N) is 4. The molecule has 2 fully saturated rings. The molecule has 0 spiro atoms. The lowest BCUT2D eigenvalue weighted by atomic mass is 10.2. The van der Waals surface area contributed by atoms with E-state index < -0.39 is 0 Å². The van der Waals surface area contributed by atoms with Gasteiger partial charge >= 0.3 is 0 Å². The van der Waals surface area contributed by atoms with Gasteiger partial charge in [-0.25, -0.2) is 9.97 Å². The van der Waals surface area contributed by atoms with E-state index in [0.717, 1.165) is 63.1 Å². The van der Waals surface area contributed by atoms with Crippen LogP contribution < -0.4 is 4.90 Å². The Morgan fingerprint density at radius 1 is 1.09 bits per heavy atom. The van der Waals surface area contributed by atoms with Crippen LogP contribution in [0.1, 0.15) is 25.7 Å². The topological polar surface area (TPSA) is 58.6 Å². The molecule has 7 heteroatoms. The summed E-state index contributed by atoms with van der Waals surface area (Å²) in [5, 5.41) is 0.865. The normalized spacial score (nSPS) is 19.5. The van der Waals surface area contributed by atoms with Crippen LogP contribution in [-0.2, 0) is 9.53 Å². The standard InChI is InChI=1S/C16H24N4O2S/c21-16(20-5-3-1-2-4-6-20)12-23-15-11-14(17-13-18-15)19-7-9-22-10-8-19/h11,13H,1-10,12H2. The van der Waals surface area contributed by atoms with E-state index in [1.807, 2.05) is 11.0 Å². The van der Waals surface area contributed by atoms with Gasteiger partial charge in [-0.1, -0.05) is 24.6 Å². The monoisotopic (exact) mass is 336 g/mol. The van der Waals surface area contributed by atoms with E-state index in [0.29, 0.717) is 5.75 Å². The first-order valence-electron chi connectivity index (χ1n) is 8.38. The van der Waals surface area contributed by atoms with Crippen LogP contribution in [0, 0.1) is 0 Å². The maximum absolute atomic E-state index is 12.3. The van der Waals surface area contributed by atoms with E-state index >= 15 is 0 Å². The predicted molar refractivity (Wildman–Crippen MR) is 90.8 cm³/mol. The minimum absolute atomic E-state index is 0.225. The highest BCUT2D eigenvalue weighted by Crippen LogP contribution is 2.21. The van der Waals surface area contributed by atoms with Crippen molar-refractivity contribution in [2.45, 2.75) is 30.7 Å². The molecule has 0 unspecified atom stereocenters. The fraction of sp³-hybridized carbons (Fsp3) is 0.688. The highest BCUT2D eigenvalue weighted by atomic mass is 32.2. The lowest BCUT2D eigenvalue weighted by Gasteiger charge is -2.27. The quantitative estimate of drug-likeness (QED) is 0.617. The zero-order chi connectivity index (χ0) is 15.9. The Morgan fingerprint density at radius 2 is 1.83 bits per heavy atom. The van der Waals surface area contributed by atoms with Crippen molar-refractivity contribution in [2.24, 2.45) is 0 Å². The summed E-state index contributed by atoms with van der Waals surface area (Å²) in [5.74, 6) is 1.61. The number of carbonyl (C=O) groups excluding carboxylic acids is 1. The highest BCUT2D eigenvalue weighted by Gasteiger charge is 2.17. The number of hydrogen-bond donors (Lipinski definition) is 0. The lowest BCUT2D eigenvalue weighted by Crippen LogP contribution is -2.36. The molecule has 1 amide bonds. The van der Waals surface area contributed by atoms with E-state index in [4.69, 9.17) is 4.74 Å². The molecule has 0 aromatic carbocycles. The van der Waals surface area contributed by atoms with Gasteiger partial charge in [0.05, 0.1) is 19.0 Å². The number of likely N-dealkylation sites (tertiary alicyclic amines) is 1. The molecule has 6 nitrogen and oxygen atoms in total. The van der Waals surface area contributed by atoms with Gasteiger partial charge in [-0.3, -0.25) is 4.79 Å². The second-order valence-corrected chi connectivity index (χ2v) is 6.89. The van der Waals surface area contributed by atoms with Crippen molar-refractivity contribution in [1.29, 1.82) is 0 Å². The molecule has 2 aliphatic rings.